The fourth-order valence-corrected chi connectivity index (χ4v) is 3.66. The van der Waals surface area contributed by atoms with Crippen LogP contribution >= 0.6 is 0 Å². The number of carbonyl (C=O) groups excluding carboxylic acids is 3. The van der Waals surface area contributed by atoms with Crippen molar-refractivity contribution in [3.05, 3.63) is 48.0 Å². The molecule has 1 atom stereocenters. The van der Waals surface area contributed by atoms with Crippen molar-refractivity contribution in [1.29, 1.82) is 0 Å². The molecule has 0 radical (unpaired) electrons. The maximum Gasteiger partial charge on any atom is 0.138 e. The van der Waals surface area contributed by atoms with Crippen LogP contribution < -0.4 is 10.2 Å². The normalized spacial score (nSPS) is 17.2. The number of carboxylic acids is 2. The number of aliphatic carboxylic acids is 2. The van der Waals surface area contributed by atoms with Crippen LogP contribution in [0.1, 0.15) is 37.7 Å². The van der Waals surface area contributed by atoms with Gasteiger partial charge in [-0.05, 0) is 29.9 Å². The molecular weight excluding hydrogens is 308 g/mol. The number of ketones is 1. The van der Waals surface area contributed by atoms with Crippen LogP contribution in [-0.2, 0) is 20.8 Å². The van der Waals surface area contributed by atoms with Gasteiger partial charge in [-0.15, -0.1) is 0 Å². The molecule has 0 N–H and O–H groups in total. The van der Waals surface area contributed by atoms with Gasteiger partial charge < -0.3 is 19.8 Å². The highest BCUT2D eigenvalue weighted by atomic mass is 16.4. The van der Waals surface area contributed by atoms with Crippen LogP contribution in [0.3, 0.4) is 0 Å². The van der Waals surface area contributed by atoms with Gasteiger partial charge in [-0.2, -0.15) is 0 Å². The lowest BCUT2D eigenvalue weighted by Crippen LogP contribution is -2.52. The second-order valence-electron chi connectivity index (χ2n) is 6.38. The molecule has 0 amide bonds. The SMILES string of the molecule is C=C(C(=O)[O-])C(CC(=O)Cc1ccccc1)(C(=O)[O-])C1CCCC1. The van der Waals surface area contributed by atoms with Gasteiger partial charge in [0.15, 0.2) is 0 Å². The average Bonchev–Trinajstić information content (AvgIpc) is 3.07. The monoisotopic (exact) mass is 328 g/mol. The summed E-state index contributed by atoms with van der Waals surface area (Å²) >= 11 is 0. The molecule has 1 unspecified atom stereocenters. The van der Waals surface area contributed by atoms with Gasteiger partial charge in [-0.25, -0.2) is 0 Å². The molecular formula is C19H20O5-2. The Bertz CT molecular complexity index is 643. The molecule has 0 spiro atoms. The Morgan fingerprint density at radius 2 is 1.67 bits per heavy atom. The van der Waals surface area contributed by atoms with Gasteiger partial charge in [-0.1, -0.05) is 49.8 Å². The molecule has 128 valence electrons. The summed E-state index contributed by atoms with van der Waals surface area (Å²) in [6.45, 7) is 3.42. The van der Waals surface area contributed by atoms with Gasteiger partial charge in [0.05, 0.1) is 11.9 Å². The summed E-state index contributed by atoms with van der Waals surface area (Å²) in [5.41, 5.74) is -1.70. The van der Waals surface area contributed by atoms with Crippen LogP contribution in [0, 0.1) is 11.3 Å². The molecule has 1 aliphatic rings. The van der Waals surface area contributed by atoms with E-state index >= 15 is 0 Å². The lowest BCUT2D eigenvalue weighted by atomic mass is 9.66. The van der Waals surface area contributed by atoms with Crippen molar-refractivity contribution < 1.29 is 24.6 Å². The van der Waals surface area contributed by atoms with Crippen LogP contribution in [0.5, 0.6) is 0 Å². The van der Waals surface area contributed by atoms with Crippen molar-refractivity contribution in [3.63, 3.8) is 0 Å². The Morgan fingerprint density at radius 1 is 1.08 bits per heavy atom. The third kappa shape index (κ3) is 3.55. The van der Waals surface area contributed by atoms with Crippen molar-refractivity contribution >= 4 is 17.7 Å². The van der Waals surface area contributed by atoms with E-state index < -0.39 is 35.3 Å². The van der Waals surface area contributed by atoms with Gasteiger partial charge in [0.1, 0.15) is 5.78 Å². The second-order valence-corrected chi connectivity index (χ2v) is 6.38. The fraction of sp³-hybridized carbons (Fsp3) is 0.421. The Kier molecular flexibility index (Phi) is 5.54. The minimum absolute atomic E-state index is 0.0446. The molecule has 0 saturated heterocycles. The molecule has 1 aromatic carbocycles. The van der Waals surface area contributed by atoms with Crippen molar-refractivity contribution in [2.45, 2.75) is 38.5 Å². The number of carboxylic acid groups (broad SMARTS) is 2. The van der Waals surface area contributed by atoms with Gasteiger partial charge in [0, 0.05) is 18.3 Å². The number of hydrogen-bond acceptors (Lipinski definition) is 5. The van der Waals surface area contributed by atoms with E-state index in [2.05, 4.69) is 6.58 Å². The quantitative estimate of drug-likeness (QED) is 0.644. The molecule has 0 heterocycles. The standard InChI is InChI=1S/C19H22O5/c1-13(17(21)22)19(18(23)24,15-9-5-6-10-15)12-16(20)11-14-7-3-2-4-8-14/h2-4,7-8,15H,1,5-6,9-12H2,(H,21,22)(H,23,24)/p-2. The third-order valence-electron chi connectivity index (χ3n) is 4.92. The molecule has 1 aliphatic carbocycles. The minimum Gasteiger partial charge on any atom is -0.549 e. The van der Waals surface area contributed by atoms with E-state index in [4.69, 9.17) is 0 Å². The maximum absolute atomic E-state index is 12.5. The molecule has 5 heteroatoms. The number of hydrogen-bond donors (Lipinski definition) is 0. The van der Waals surface area contributed by atoms with Crippen molar-refractivity contribution in [2.24, 2.45) is 11.3 Å². The van der Waals surface area contributed by atoms with E-state index in [-0.39, 0.29) is 12.2 Å². The van der Waals surface area contributed by atoms with Crippen LogP contribution in [0.4, 0.5) is 0 Å². The van der Waals surface area contributed by atoms with E-state index in [1.54, 1.807) is 24.3 Å². The number of benzene rings is 1. The summed E-state index contributed by atoms with van der Waals surface area (Å²) in [6, 6.07) is 8.91. The summed E-state index contributed by atoms with van der Waals surface area (Å²) < 4.78 is 0. The van der Waals surface area contributed by atoms with Crippen LogP contribution in [0.2, 0.25) is 0 Å². The first-order chi connectivity index (χ1) is 11.4. The van der Waals surface area contributed by atoms with Crippen molar-refractivity contribution in [3.8, 4) is 0 Å². The Morgan fingerprint density at radius 3 is 2.17 bits per heavy atom. The first-order valence-corrected chi connectivity index (χ1v) is 8.05. The summed E-state index contributed by atoms with van der Waals surface area (Å²) in [4.78, 5) is 35.7. The molecule has 0 aromatic heterocycles. The van der Waals surface area contributed by atoms with Gasteiger partial charge >= 0.3 is 0 Å². The van der Waals surface area contributed by atoms with Gasteiger partial charge in [0.2, 0.25) is 0 Å². The molecule has 1 saturated carbocycles. The first kappa shape index (κ1) is 17.9. The second kappa shape index (κ2) is 7.43. The predicted octanol–water partition coefficient (Wildman–Crippen LogP) is 0.421. The summed E-state index contributed by atoms with van der Waals surface area (Å²) in [5.74, 6) is -4.00. The van der Waals surface area contributed by atoms with Gasteiger partial charge in [0.25, 0.3) is 0 Å². The van der Waals surface area contributed by atoms with E-state index in [1.807, 2.05) is 6.07 Å². The Hall–Kier alpha value is -2.43. The molecule has 24 heavy (non-hydrogen) atoms. The van der Waals surface area contributed by atoms with E-state index in [9.17, 15) is 24.6 Å². The summed E-state index contributed by atoms with van der Waals surface area (Å²) in [7, 11) is 0. The zero-order chi connectivity index (χ0) is 17.7. The highest BCUT2D eigenvalue weighted by molar-refractivity contribution is 5.98. The lowest BCUT2D eigenvalue weighted by Gasteiger charge is -2.42. The minimum atomic E-state index is -1.89. The molecule has 1 fully saturated rings. The first-order valence-electron chi connectivity index (χ1n) is 8.05. The highest BCUT2D eigenvalue weighted by Crippen LogP contribution is 2.47. The average molecular weight is 328 g/mol. The van der Waals surface area contributed by atoms with E-state index in [1.165, 1.54) is 0 Å². The van der Waals surface area contributed by atoms with E-state index in [0.29, 0.717) is 12.8 Å². The van der Waals surface area contributed by atoms with E-state index in [0.717, 1.165) is 18.4 Å². The molecule has 0 bridgehead atoms. The highest BCUT2D eigenvalue weighted by Gasteiger charge is 2.45. The van der Waals surface area contributed by atoms with Crippen LogP contribution in [-0.4, -0.2) is 17.7 Å². The summed E-state index contributed by atoms with van der Waals surface area (Å²) in [6.07, 6.45) is 2.29. The molecule has 5 nitrogen and oxygen atoms in total. The Labute approximate surface area is 141 Å². The lowest BCUT2D eigenvalue weighted by molar-refractivity contribution is -0.324. The van der Waals surface area contributed by atoms with Crippen molar-refractivity contribution in [2.75, 3.05) is 0 Å². The largest absolute Gasteiger partial charge is 0.549 e. The summed E-state index contributed by atoms with van der Waals surface area (Å²) in [5, 5.41) is 23.3. The topological polar surface area (TPSA) is 97.3 Å². The van der Waals surface area contributed by atoms with Gasteiger partial charge in [-0.3, -0.25) is 4.79 Å². The predicted molar refractivity (Wildman–Crippen MR) is 83.3 cm³/mol. The zero-order valence-corrected chi connectivity index (χ0v) is 13.5. The smallest absolute Gasteiger partial charge is 0.138 e. The molecule has 0 aliphatic heterocycles. The zero-order valence-electron chi connectivity index (χ0n) is 13.5. The molecule has 2 rings (SSSR count). The van der Waals surface area contributed by atoms with Crippen LogP contribution in [0.15, 0.2) is 42.5 Å². The Balaban J connectivity index is 2.30. The van der Waals surface area contributed by atoms with Crippen LogP contribution in [0.25, 0.3) is 0 Å². The van der Waals surface area contributed by atoms with Crippen molar-refractivity contribution in [1.82, 2.24) is 0 Å². The molecule has 1 aromatic rings. The third-order valence-corrected chi connectivity index (χ3v) is 4.92. The fourth-order valence-electron chi connectivity index (χ4n) is 3.66. The number of rotatable bonds is 8. The maximum atomic E-state index is 12.5. The number of carbonyl (C=O) groups is 3. The number of Topliss-reactive ketones (excluding diaryl/α,β-unsaturated/α-hetero) is 1.